The molecule has 21 heavy (non-hydrogen) atoms. The molecule has 0 saturated heterocycles. The summed E-state index contributed by atoms with van der Waals surface area (Å²) in [6.45, 7) is 0. The van der Waals surface area contributed by atoms with E-state index in [1.54, 1.807) is 18.4 Å². The van der Waals surface area contributed by atoms with Gasteiger partial charge in [-0.1, -0.05) is 27.3 Å². The van der Waals surface area contributed by atoms with Crippen LogP contribution in [0.4, 0.5) is 10.9 Å². The van der Waals surface area contributed by atoms with Crippen LogP contribution in [0.5, 0.6) is 5.75 Å². The van der Waals surface area contributed by atoms with Crippen molar-refractivity contribution in [1.82, 2.24) is 4.98 Å². The zero-order valence-electron chi connectivity index (χ0n) is 11.6. The molecular formula is C14H14BrN3O2S. The van der Waals surface area contributed by atoms with Crippen molar-refractivity contribution in [2.24, 2.45) is 0 Å². The fraction of sp³-hybridized carbons (Fsp3) is 0.286. The first-order valence-corrected chi connectivity index (χ1v) is 8.05. The molecule has 5 nitrogen and oxygen atoms in total. The fourth-order valence-electron chi connectivity index (χ4n) is 2.45. The number of aromatic nitrogens is 1. The number of anilines is 2. The van der Waals surface area contributed by atoms with E-state index in [1.807, 2.05) is 25.2 Å². The topological polar surface area (TPSA) is 63.3 Å². The minimum Gasteiger partial charge on any atom is -0.496 e. The van der Waals surface area contributed by atoms with Crippen molar-refractivity contribution in [3.8, 4) is 5.75 Å². The summed E-state index contributed by atoms with van der Waals surface area (Å²) in [5.41, 5.74) is 0.995. The molecule has 2 aromatic rings. The number of amides is 1. The fourth-order valence-corrected chi connectivity index (χ4v) is 3.83. The number of rotatable bonds is 3. The lowest BCUT2D eigenvalue weighted by atomic mass is 9.91. The third kappa shape index (κ3) is 2.63. The number of hydrogen-bond acceptors (Lipinski definition) is 5. The second-order valence-electron chi connectivity index (χ2n) is 4.67. The maximum Gasteiger partial charge on any atom is 0.226 e. The van der Waals surface area contributed by atoms with Crippen LogP contribution in [0, 0.1) is 0 Å². The summed E-state index contributed by atoms with van der Waals surface area (Å²) < 4.78 is 6.42. The smallest absolute Gasteiger partial charge is 0.226 e. The summed E-state index contributed by atoms with van der Waals surface area (Å²) in [7, 11) is 3.46. The Morgan fingerprint density at radius 1 is 1.52 bits per heavy atom. The number of carbonyl (C=O) groups is 1. The van der Waals surface area contributed by atoms with Crippen molar-refractivity contribution < 1.29 is 9.53 Å². The van der Waals surface area contributed by atoms with E-state index in [4.69, 9.17) is 4.74 Å². The minimum absolute atomic E-state index is 0.0255. The largest absolute Gasteiger partial charge is 0.496 e. The third-order valence-electron chi connectivity index (χ3n) is 3.40. The van der Waals surface area contributed by atoms with E-state index < -0.39 is 0 Å². The summed E-state index contributed by atoms with van der Waals surface area (Å²) in [6.07, 6.45) is 0.394. The predicted octanol–water partition coefficient (Wildman–Crippen LogP) is 3.43. The van der Waals surface area contributed by atoms with Gasteiger partial charge in [0, 0.05) is 29.4 Å². The van der Waals surface area contributed by atoms with Crippen molar-refractivity contribution >= 4 is 44.1 Å². The van der Waals surface area contributed by atoms with Crippen LogP contribution in [0.2, 0.25) is 0 Å². The summed E-state index contributed by atoms with van der Waals surface area (Å²) in [6, 6.07) is 5.84. The highest BCUT2D eigenvalue weighted by Crippen LogP contribution is 2.45. The van der Waals surface area contributed by atoms with Crippen LogP contribution in [0.25, 0.3) is 0 Å². The molecule has 1 aromatic carbocycles. The number of nitrogens with zero attached hydrogens (tertiary/aromatic N) is 1. The van der Waals surface area contributed by atoms with Crippen molar-refractivity contribution in [2.75, 3.05) is 24.8 Å². The molecule has 7 heteroatoms. The molecule has 0 bridgehead atoms. The number of carbonyl (C=O) groups excluding carboxylic acids is 1. The first kappa shape index (κ1) is 14.3. The van der Waals surface area contributed by atoms with Gasteiger partial charge in [0.1, 0.15) is 11.6 Å². The highest BCUT2D eigenvalue weighted by molar-refractivity contribution is 9.10. The number of hydrogen-bond donors (Lipinski definition) is 2. The Balaban J connectivity index is 2.13. The summed E-state index contributed by atoms with van der Waals surface area (Å²) in [5.74, 6) is 1.36. The molecule has 1 aliphatic heterocycles. The van der Waals surface area contributed by atoms with Gasteiger partial charge in [0.15, 0.2) is 5.13 Å². The van der Waals surface area contributed by atoms with Crippen LogP contribution in [-0.4, -0.2) is 25.0 Å². The molecule has 110 valence electrons. The molecule has 0 aliphatic carbocycles. The van der Waals surface area contributed by atoms with Gasteiger partial charge in [0.25, 0.3) is 0 Å². The monoisotopic (exact) mass is 367 g/mol. The van der Waals surface area contributed by atoms with Crippen molar-refractivity contribution in [1.29, 1.82) is 0 Å². The van der Waals surface area contributed by atoms with Crippen molar-refractivity contribution in [3.05, 3.63) is 33.1 Å². The van der Waals surface area contributed by atoms with E-state index in [0.29, 0.717) is 12.2 Å². The van der Waals surface area contributed by atoms with Gasteiger partial charge >= 0.3 is 0 Å². The number of thiazole rings is 1. The Morgan fingerprint density at radius 3 is 3.05 bits per heavy atom. The van der Waals surface area contributed by atoms with E-state index >= 15 is 0 Å². The second-order valence-corrected chi connectivity index (χ2v) is 6.62. The number of ether oxygens (including phenoxy) is 1. The summed E-state index contributed by atoms with van der Waals surface area (Å²) >= 11 is 5.04. The Bertz CT molecular complexity index is 702. The van der Waals surface area contributed by atoms with Crippen LogP contribution >= 0.6 is 27.3 Å². The number of halogens is 1. The first-order valence-electron chi connectivity index (χ1n) is 6.44. The first-order chi connectivity index (χ1) is 10.1. The number of benzene rings is 1. The molecule has 1 unspecified atom stereocenters. The Morgan fingerprint density at radius 2 is 2.33 bits per heavy atom. The third-order valence-corrected chi connectivity index (χ3v) is 5.08. The molecule has 3 rings (SSSR count). The zero-order valence-corrected chi connectivity index (χ0v) is 14.0. The Labute approximate surface area is 134 Å². The molecular weight excluding hydrogens is 354 g/mol. The van der Waals surface area contributed by atoms with E-state index in [-0.39, 0.29) is 11.8 Å². The molecule has 1 aromatic heterocycles. The van der Waals surface area contributed by atoms with E-state index in [0.717, 1.165) is 25.8 Å². The average Bonchev–Trinajstić information content (AvgIpc) is 2.89. The Hall–Kier alpha value is -1.60. The molecule has 1 aliphatic rings. The zero-order chi connectivity index (χ0) is 15.0. The molecule has 1 amide bonds. The van der Waals surface area contributed by atoms with Gasteiger partial charge < -0.3 is 15.4 Å². The molecule has 0 fully saturated rings. The lowest BCUT2D eigenvalue weighted by molar-refractivity contribution is -0.116. The van der Waals surface area contributed by atoms with E-state index in [9.17, 15) is 4.79 Å². The standard InChI is InChI=1S/C14H14BrN3O2S/c1-16-14-18-13-12(21-14)9(6-11(19)17-13)8-5-7(15)3-4-10(8)20-2/h3-5,9H,6H2,1-2H3,(H,16,18)(H,17,19). The average molecular weight is 368 g/mol. The number of methoxy groups -OCH3 is 1. The van der Waals surface area contributed by atoms with Gasteiger partial charge in [-0.25, -0.2) is 4.98 Å². The normalized spacial score (nSPS) is 17.1. The van der Waals surface area contributed by atoms with E-state index in [1.165, 1.54) is 0 Å². The lowest BCUT2D eigenvalue weighted by Gasteiger charge is -2.23. The highest BCUT2D eigenvalue weighted by Gasteiger charge is 2.32. The lowest BCUT2D eigenvalue weighted by Crippen LogP contribution is -2.22. The molecule has 2 N–H and O–H groups in total. The van der Waals surface area contributed by atoms with Gasteiger partial charge in [-0.15, -0.1) is 0 Å². The minimum atomic E-state index is -0.0409. The van der Waals surface area contributed by atoms with Gasteiger partial charge in [-0.05, 0) is 18.2 Å². The van der Waals surface area contributed by atoms with Crippen LogP contribution in [0.1, 0.15) is 22.8 Å². The van der Waals surface area contributed by atoms with Crippen LogP contribution in [0.3, 0.4) is 0 Å². The maximum absolute atomic E-state index is 12.0. The molecule has 0 radical (unpaired) electrons. The van der Waals surface area contributed by atoms with Crippen molar-refractivity contribution in [2.45, 2.75) is 12.3 Å². The second kappa shape index (κ2) is 5.65. The van der Waals surface area contributed by atoms with Crippen LogP contribution < -0.4 is 15.4 Å². The van der Waals surface area contributed by atoms with Crippen molar-refractivity contribution in [3.63, 3.8) is 0 Å². The molecule has 2 heterocycles. The SMILES string of the molecule is CNc1nc2c(s1)C(c1cc(Br)ccc1OC)CC(=O)N2. The quantitative estimate of drug-likeness (QED) is 0.872. The molecule has 0 saturated carbocycles. The molecule has 1 atom stereocenters. The molecule has 0 spiro atoms. The highest BCUT2D eigenvalue weighted by atomic mass is 79.9. The summed E-state index contributed by atoms with van der Waals surface area (Å²) in [5, 5.41) is 6.65. The van der Waals surface area contributed by atoms with Gasteiger partial charge in [-0.2, -0.15) is 0 Å². The number of fused-ring (bicyclic) bond motifs is 1. The van der Waals surface area contributed by atoms with Crippen LogP contribution in [0.15, 0.2) is 22.7 Å². The number of nitrogens with one attached hydrogen (secondary N) is 2. The van der Waals surface area contributed by atoms with E-state index in [2.05, 4.69) is 31.5 Å². The predicted molar refractivity (Wildman–Crippen MR) is 87.4 cm³/mol. The maximum atomic E-state index is 12.0. The Kier molecular flexibility index (Phi) is 3.86. The summed E-state index contributed by atoms with van der Waals surface area (Å²) in [4.78, 5) is 17.4. The van der Waals surface area contributed by atoms with Gasteiger partial charge in [-0.3, -0.25) is 4.79 Å². The van der Waals surface area contributed by atoms with Gasteiger partial charge in [0.2, 0.25) is 5.91 Å². The van der Waals surface area contributed by atoms with Crippen LogP contribution in [-0.2, 0) is 4.79 Å². The van der Waals surface area contributed by atoms with Gasteiger partial charge in [0.05, 0.1) is 12.0 Å².